The molecule has 0 fully saturated rings. The fourth-order valence-electron chi connectivity index (χ4n) is 0.955. The zero-order valence-corrected chi connectivity index (χ0v) is 9.28. The van der Waals surface area contributed by atoms with E-state index in [1.54, 1.807) is 6.92 Å². The molecule has 0 unspecified atom stereocenters. The number of carbonyl (C=O) groups excluding carboxylic acids is 1. The van der Waals surface area contributed by atoms with Crippen molar-refractivity contribution in [1.82, 2.24) is 4.98 Å². The number of rotatable bonds is 4. The van der Waals surface area contributed by atoms with Crippen molar-refractivity contribution in [2.75, 3.05) is 12.3 Å². The second-order valence-corrected chi connectivity index (χ2v) is 3.72. The number of hydrogen-bond acceptors (Lipinski definition) is 6. The standard InChI is InChI=1S/C9H10N2O4S/c1-2-15-8(14)7-5(3-4-6(12)13)16-9(10)11-7/h3-4H,2H2,1H3,(H2,10,11)(H,12,13). The first-order valence-electron chi connectivity index (χ1n) is 4.39. The number of ether oxygens (including phenoxy) is 1. The fourth-order valence-corrected chi connectivity index (χ4v) is 1.68. The van der Waals surface area contributed by atoms with Crippen molar-refractivity contribution >= 4 is 34.5 Å². The van der Waals surface area contributed by atoms with Gasteiger partial charge >= 0.3 is 11.9 Å². The van der Waals surface area contributed by atoms with Crippen LogP contribution in [0.15, 0.2) is 6.08 Å². The highest BCUT2D eigenvalue weighted by Crippen LogP contribution is 2.22. The molecule has 86 valence electrons. The maximum atomic E-state index is 11.4. The molecule has 7 heteroatoms. The van der Waals surface area contributed by atoms with Crippen molar-refractivity contribution < 1.29 is 19.4 Å². The molecule has 0 aliphatic carbocycles. The molecule has 0 atom stereocenters. The highest BCUT2D eigenvalue weighted by molar-refractivity contribution is 7.16. The largest absolute Gasteiger partial charge is 0.478 e. The van der Waals surface area contributed by atoms with Gasteiger partial charge in [-0.25, -0.2) is 14.6 Å². The van der Waals surface area contributed by atoms with Crippen molar-refractivity contribution in [3.8, 4) is 0 Å². The molecule has 0 radical (unpaired) electrons. The van der Waals surface area contributed by atoms with Gasteiger partial charge in [0, 0.05) is 6.08 Å². The van der Waals surface area contributed by atoms with E-state index in [4.69, 9.17) is 15.6 Å². The summed E-state index contributed by atoms with van der Waals surface area (Å²) in [7, 11) is 0. The number of carboxylic acid groups (broad SMARTS) is 1. The Hall–Kier alpha value is -1.89. The summed E-state index contributed by atoms with van der Waals surface area (Å²) in [5.41, 5.74) is 5.48. The van der Waals surface area contributed by atoms with Gasteiger partial charge < -0.3 is 15.6 Å². The lowest BCUT2D eigenvalue weighted by molar-refractivity contribution is -0.131. The molecule has 1 heterocycles. The van der Waals surface area contributed by atoms with E-state index in [0.717, 1.165) is 17.4 Å². The van der Waals surface area contributed by atoms with Crippen LogP contribution in [-0.2, 0) is 9.53 Å². The first-order valence-corrected chi connectivity index (χ1v) is 5.20. The van der Waals surface area contributed by atoms with Gasteiger partial charge in [-0.1, -0.05) is 11.3 Å². The first kappa shape index (κ1) is 12.2. The highest BCUT2D eigenvalue weighted by Gasteiger charge is 2.16. The fraction of sp³-hybridized carbons (Fsp3) is 0.222. The van der Waals surface area contributed by atoms with Crippen LogP contribution >= 0.6 is 11.3 Å². The summed E-state index contributed by atoms with van der Waals surface area (Å²) in [6, 6.07) is 0. The van der Waals surface area contributed by atoms with Gasteiger partial charge in [0.25, 0.3) is 0 Å². The van der Waals surface area contributed by atoms with E-state index >= 15 is 0 Å². The maximum Gasteiger partial charge on any atom is 0.358 e. The molecule has 16 heavy (non-hydrogen) atoms. The summed E-state index contributed by atoms with van der Waals surface area (Å²) in [5.74, 6) is -1.72. The Labute approximate surface area is 95.4 Å². The molecule has 0 spiro atoms. The zero-order valence-electron chi connectivity index (χ0n) is 8.47. The van der Waals surface area contributed by atoms with Gasteiger partial charge in [-0.3, -0.25) is 0 Å². The number of aromatic nitrogens is 1. The second kappa shape index (κ2) is 5.26. The molecule has 1 rings (SSSR count). The predicted molar refractivity (Wildman–Crippen MR) is 59.2 cm³/mol. The smallest absolute Gasteiger partial charge is 0.358 e. The Morgan fingerprint density at radius 3 is 2.88 bits per heavy atom. The summed E-state index contributed by atoms with van der Waals surface area (Å²) >= 11 is 1.03. The van der Waals surface area contributed by atoms with E-state index < -0.39 is 11.9 Å². The van der Waals surface area contributed by atoms with E-state index in [0.29, 0.717) is 4.88 Å². The van der Waals surface area contributed by atoms with Crippen molar-refractivity contribution in [2.45, 2.75) is 6.92 Å². The maximum absolute atomic E-state index is 11.4. The number of esters is 1. The van der Waals surface area contributed by atoms with Gasteiger partial charge in [0.15, 0.2) is 10.8 Å². The molecular formula is C9H10N2O4S. The third-order valence-corrected chi connectivity index (χ3v) is 2.37. The molecule has 0 bridgehead atoms. The van der Waals surface area contributed by atoms with E-state index in [-0.39, 0.29) is 17.4 Å². The molecule has 0 aliphatic heterocycles. The topological polar surface area (TPSA) is 103 Å². The normalized spacial score (nSPS) is 10.6. The zero-order chi connectivity index (χ0) is 12.1. The van der Waals surface area contributed by atoms with Gasteiger partial charge in [-0.2, -0.15) is 0 Å². The number of carboxylic acids is 1. The molecule has 0 amide bonds. The summed E-state index contributed by atoms with van der Waals surface area (Å²) in [6.45, 7) is 1.89. The van der Waals surface area contributed by atoms with Crippen LogP contribution in [0.4, 0.5) is 5.13 Å². The molecule has 1 aromatic heterocycles. The Balaban J connectivity index is 3.00. The summed E-state index contributed by atoms with van der Waals surface area (Å²) < 4.78 is 4.76. The van der Waals surface area contributed by atoms with Crippen molar-refractivity contribution in [3.63, 3.8) is 0 Å². The monoisotopic (exact) mass is 242 g/mol. The van der Waals surface area contributed by atoms with Gasteiger partial charge in [-0.15, -0.1) is 0 Å². The molecule has 0 saturated heterocycles. The molecule has 0 aromatic carbocycles. The molecule has 6 nitrogen and oxygen atoms in total. The summed E-state index contributed by atoms with van der Waals surface area (Å²) in [6.07, 6.45) is 2.18. The predicted octanol–water partition coefficient (Wildman–Crippen LogP) is 1.000. The number of nitrogen functional groups attached to an aromatic ring is 1. The lowest BCUT2D eigenvalue weighted by Gasteiger charge is -1.98. The summed E-state index contributed by atoms with van der Waals surface area (Å²) in [5, 5.41) is 8.65. The molecule has 1 aromatic rings. The number of nitrogens with two attached hydrogens (primary N) is 1. The number of anilines is 1. The lowest BCUT2D eigenvalue weighted by atomic mass is 10.3. The van der Waals surface area contributed by atoms with Crippen LogP contribution in [-0.4, -0.2) is 28.6 Å². The van der Waals surface area contributed by atoms with Crippen LogP contribution in [0, 0.1) is 0 Å². The van der Waals surface area contributed by atoms with E-state index in [1.807, 2.05) is 0 Å². The SMILES string of the molecule is CCOC(=O)c1nc(N)sc1C=CC(=O)O. The molecule has 0 aliphatic rings. The Kier molecular flexibility index (Phi) is 4.01. The van der Waals surface area contributed by atoms with E-state index in [9.17, 15) is 9.59 Å². The van der Waals surface area contributed by atoms with Crippen molar-refractivity contribution in [3.05, 3.63) is 16.6 Å². The van der Waals surface area contributed by atoms with Crippen LogP contribution in [0.5, 0.6) is 0 Å². The number of aliphatic carboxylic acids is 1. The second-order valence-electron chi connectivity index (χ2n) is 2.66. The molecule has 3 N–H and O–H groups in total. The molecular weight excluding hydrogens is 232 g/mol. The number of nitrogens with zero attached hydrogens (tertiary/aromatic N) is 1. The molecule has 0 saturated carbocycles. The van der Waals surface area contributed by atoms with E-state index in [2.05, 4.69) is 4.98 Å². The van der Waals surface area contributed by atoms with Gasteiger partial charge in [0.05, 0.1) is 11.5 Å². The van der Waals surface area contributed by atoms with Crippen LogP contribution in [0.3, 0.4) is 0 Å². The minimum atomic E-state index is -1.11. The Bertz CT molecular complexity index is 439. The minimum absolute atomic E-state index is 0.0434. The van der Waals surface area contributed by atoms with Crippen molar-refractivity contribution in [1.29, 1.82) is 0 Å². The third kappa shape index (κ3) is 3.06. The van der Waals surface area contributed by atoms with Crippen LogP contribution < -0.4 is 5.73 Å². The highest BCUT2D eigenvalue weighted by atomic mass is 32.1. The van der Waals surface area contributed by atoms with E-state index in [1.165, 1.54) is 6.08 Å². The Morgan fingerprint density at radius 2 is 2.31 bits per heavy atom. The minimum Gasteiger partial charge on any atom is -0.478 e. The lowest BCUT2D eigenvalue weighted by Crippen LogP contribution is -2.06. The van der Waals surface area contributed by atoms with Gasteiger partial charge in [-0.05, 0) is 13.0 Å². The average Bonchev–Trinajstić information content (AvgIpc) is 2.57. The number of thiazole rings is 1. The number of hydrogen-bond donors (Lipinski definition) is 2. The third-order valence-electron chi connectivity index (χ3n) is 1.52. The Morgan fingerprint density at radius 1 is 1.62 bits per heavy atom. The van der Waals surface area contributed by atoms with Crippen LogP contribution in [0.2, 0.25) is 0 Å². The average molecular weight is 242 g/mol. The van der Waals surface area contributed by atoms with Crippen LogP contribution in [0.25, 0.3) is 6.08 Å². The van der Waals surface area contributed by atoms with Crippen molar-refractivity contribution in [2.24, 2.45) is 0 Å². The number of carbonyl (C=O) groups is 2. The quantitative estimate of drug-likeness (QED) is 0.603. The van der Waals surface area contributed by atoms with Crippen LogP contribution in [0.1, 0.15) is 22.3 Å². The summed E-state index contributed by atoms with van der Waals surface area (Å²) in [4.78, 5) is 25.9. The first-order chi connectivity index (χ1) is 7.54. The van der Waals surface area contributed by atoms with Gasteiger partial charge in [0.1, 0.15) is 0 Å². The van der Waals surface area contributed by atoms with Gasteiger partial charge in [0.2, 0.25) is 0 Å².